The summed E-state index contributed by atoms with van der Waals surface area (Å²) in [6.45, 7) is 4.67. The fraction of sp³-hybridized carbons (Fsp3) is 0.588. The molecule has 4 nitrogen and oxygen atoms in total. The molecule has 2 N–H and O–H groups in total. The normalized spacial score (nSPS) is 25.6. The molecular weight excluding hydrogens is 266 g/mol. The Morgan fingerprint density at radius 3 is 2.57 bits per heavy atom. The molecule has 0 radical (unpaired) electrons. The number of aliphatic hydroxyl groups excluding tert-OH is 1. The highest BCUT2D eigenvalue weighted by Gasteiger charge is 2.32. The van der Waals surface area contributed by atoms with Crippen LogP contribution in [0.1, 0.15) is 36.0 Å². The molecule has 4 heteroatoms. The highest BCUT2D eigenvalue weighted by Crippen LogP contribution is 2.26. The summed E-state index contributed by atoms with van der Waals surface area (Å²) in [6, 6.07) is 6.31. The quantitative estimate of drug-likeness (QED) is 0.893. The molecule has 0 saturated heterocycles. The van der Waals surface area contributed by atoms with Gasteiger partial charge in [0.1, 0.15) is 0 Å². The Morgan fingerprint density at radius 1 is 1.29 bits per heavy atom. The largest absolute Gasteiger partial charge is 0.390 e. The summed E-state index contributed by atoms with van der Waals surface area (Å²) >= 11 is 0. The molecule has 0 aliphatic heterocycles. The Balaban J connectivity index is 1.89. The van der Waals surface area contributed by atoms with Crippen molar-refractivity contribution < 1.29 is 14.6 Å². The van der Waals surface area contributed by atoms with Gasteiger partial charge in [-0.15, -0.1) is 0 Å². The van der Waals surface area contributed by atoms with Gasteiger partial charge < -0.3 is 15.2 Å². The fourth-order valence-electron chi connectivity index (χ4n) is 3.11. The Labute approximate surface area is 126 Å². The van der Waals surface area contributed by atoms with Crippen LogP contribution in [0.2, 0.25) is 0 Å². The number of benzene rings is 1. The van der Waals surface area contributed by atoms with Gasteiger partial charge in [0, 0.05) is 19.6 Å². The molecule has 2 rings (SSSR count). The lowest BCUT2D eigenvalue weighted by molar-refractivity contribution is -0.130. The first kappa shape index (κ1) is 16.0. The van der Waals surface area contributed by atoms with E-state index >= 15 is 0 Å². The zero-order chi connectivity index (χ0) is 15.4. The van der Waals surface area contributed by atoms with Crippen molar-refractivity contribution in [3.05, 3.63) is 34.9 Å². The van der Waals surface area contributed by atoms with Crippen molar-refractivity contribution in [2.24, 2.45) is 5.92 Å². The van der Waals surface area contributed by atoms with Crippen LogP contribution in [0.25, 0.3) is 0 Å². The number of rotatable bonds is 4. The summed E-state index contributed by atoms with van der Waals surface area (Å²) in [5.74, 6) is -0.00707. The summed E-state index contributed by atoms with van der Waals surface area (Å²) in [5.41, 5.74) is 3.54. The van der Waals surface area contributed by atoms with E-state index in [1.807, 2.05) is 0 Å². The van der Waals surface area contributed by atoms with Gasteiger partial charge in [-0.1, -0.05) is 29.3 Å². The average Bonchev–Trinajstić information content (AvgIpc) is 2.44. The summed E-state index contributed by atoms with van der Waals surface area (Å²) < 4.78 is 5.25. The van der Waals surface area contributed by atoms with Crippen LogP contribution in [0.15, 0.2) is 18.2 Å². The van der Waals surface area contributed by atoms with Crippen molar-refractivity contribution in [3.8, 4) is 0 Å². The summed E-state index contributed by atoms with van der Waals surface area (Å²) in [7, 11) is 1.59. The predicted octanol–water partition coefficient (Wildman–Crippen LogP) is 2.10. The number of carbonyl (C=O) groups is 1. The van der Waals surface area contributed by atoms with Gasteiger partial charge in [-0.2, -0.15) is 0 Å². The molecule has 0 spiro atoms. The molecule has 1 aromatic rings. The molecule has 0 unspecified atom stereocenters. The third-order valence-corrected chi connectivity index (χ3v) is 4.18. The van der Waals surface area contributed by atoms with Gasteiger partial charge in [-0.25, -0.2) is 0 Å². The molecule has 3 atom stereocenters. The molecule has 0 aromatic heterocycles. The Morgan fingerprint density at radius 2 is 1.95 bits per heavy atom. The molecule has 21 heavy (non-hydrogen) atoms. The van der Waals surface area contributed by atoms with Crippen molar-refractivity contribution in [1.29, 1.82) is 0 Å². The Kier molecular flexibility index (Phi) is 5.37. The van der Waals surface area contributed by atoms with Crippen LogP contribution in [0, 0.1) is 19.8 Å². The lowest BCUT2D eigenvalue weighted by Gasteiger charge is -2.31. The van der Waals surface area contributed by atoms with Crippen LogP contribution in [-0.2, 0) is 16.1 Å². The standard InChI is InChI=1S/C17H25NO3/c1-11-6-12(2)8-13(7-11)10-18-17(20)14-4-5-15(19)16(9-14)21-3/h6-8,14-16,19H,4-5,9-10H2,1-3H3,(H,18,20)/t14-,15+,16-/m1/s1. The second-order valence-corrected chi connectivity index (χ2v) is 6.07. The van der Waals surface area contributed by atoms with E-state index in [1.165, 1.54) is 11.1 Å². The maximum atomic E-state index is 12.3. The van der Waals surface area contributed by atoms with Crippen molar-refractivity contribution >= 4 is 5.91 Å². The molecule has 1 amide bonds. The van der Waals surface area contributed by atoms with Crippen LogP contribution < -0.4 is 5.32 Å². The number of amides is 1. The molecule has 1 saturated carbocycles. The van der Waals surface area contributed by atoms with Crippen LogP contribution in [0.5, 0.6) is 0 Å². The van der Waals surface area contributed by atoms with Gasteiger partial charge in [0.15, 0.2) is 0 Å². The smallest absolute Gasteiger partial charge is 0.223 e. The molecule has 116 valence electrons. The highest BCUT2D eigenvalue weighted by atomic mass is 16.5. The van der Waals surface area contributed by atoms with E-state index in [0.29, 0.717) is 19.4 Å². The number of carbonyl (C=O) groups excluding carboxylic acids is 1. The third-order valence-electron chi connectivity index (χ3n) is 4.18. The van der Waals surface area contributed by atoms with Gasteiger partial charge in [0.2, 0.25) is 5.91 Å². The van der Waals surface area contributed by atoms with Gasteiger partial charge in [0.25, 0.3) is 0 Å². The molecule has 1 aromatic carbocycles. The van der Waals surface area contributed by atoms with Crippen LogP contribution in [-0.4, -0.2) is 30.3 Å². The number of hydrogen-bond donors (Lipinski definition) is 2. The molecule has 1 fully saturated rings. The van der Waals surface area contributed by atoms with Gasteiger partial charge in [-0.05, 0) is 38.7 Å². The van der Waals surface area contributed by atoms with Gasteiger partial charge in [-0.3, -0.25) is 4.79 Å². The number of nitrogens with one attached hydrogen (secondary N) is 1. The number of aryl methyl sites for hydroxylation is 2. The first-order valence-electron chi connectivity index (χ1n) is 7.55. The van der Waals surface area contributed by atoms with E-state index in [1.54, 1.807) is 7.11 Å². The van der Waals surface area contributed by atoms with E-state index in [4.69, 9.17) is 4.74 Å². The van der Waals surface area contributed by atoms with Crippen molar-refractivity contribution in [1.82, 2.24) is 5.32 Å². The summed E-state index contributed by atoms with van der Waals surface area (Å²) in [4.78, 5) is 12.3. The SMILES string of the molecule is CO[C@@H]1C[C@H](C(=O)NCc2cc(C)cc(C)c2)CC[C@@H]1O. The van der Waals surface area contributed by atoms with E-state index < -0.39 is 6.10 Å². The number of hydrogen-bond acceptors (Lipinski definition) is 3. The summed E-state index contributed by atoms with van der Waals surface area (Å²) in [6.07, 6.45) is 1.27. The highest BCUT2D eigenvalue weighted by molar-refractivity contribution is 5.78. The predicted molar refractivity (Wildman–Crippen MR) is 81.9 cm³/mol. The fourth-order valence-corrected chi connectivity index (χ4v) is 3.11. The average molecular weight is 291 g/mol. The molecule has 0 bridgehead atoms. The first-order valence-corrected chi connectivity index (χ1v) is 7.55. The minimum atomic E-state index is -0.446. The second kappa shape index (κ2) is 7.05. The lowest BCUT2D eigenvalue weighted by Crippen LogP contribution is -2.41. The van der Waals surface area contributed by atoms with E-state index in [0.717, 1.165) is 12.0 Å². The molecule has 1 aliphatic carbocycles. The maximum absolute atomic E-state index is 12.3. The van der Waals surface area contributed by atoms with E-state index in [-0.39, 0.29) is 17.9 Å². The topological polar surface area (TPSA) is 58.6 Å². The Bertz CT molecular complexity index is 481. The second-order valence-electron chi connectivity index (χ2n) is 6.07. The van der Waals surface area contributed by atoms with E-state index in [9.17, 15) is 9.90 Å². The minimum absolute atomic E-state index is 0.0584. The molecular formula is C17H25NO3. The van der Waals surface area contributed by atoms with Crippen molar-refractivity contribution in [3.63, 3.8) is 0 Å². The number of ether oxygens (including phenoxy) is 1. The van der Waals surface area contributed by atoms with Crippen molar-refractivity contribution in [2.45, 2.75) is 51.9 Å². The van der Waals surface area contributed by atoms with Crippen LogP contribution >= 0.6 is 0 Å². The zero-order valence-electron chi connectivity index (χ0n) is 13.1. The van der Waals surface area contributed by atoms with Crippen LogP contribution in [0.3, 0.4) is 0 Å². The minimum Gasteiger partial charge on any atom is -0.390 e. The maximum Gasteiger partial charge on any atom is 0.223 e. The number of methoxy groups -OCH3 is 1. The van der Waals surface area contributed by atoms with Gasteiger partial charge in [0.05, 0.1) is 12.2 Å². The third kappa shape index (κ3) is 4.29. The molecule has 0 heterocycles. The Hall–Kier alpha value is -1.39. The lowest BCUT2D eigenvalue weighted by atomic mass is 9.84. The number of aliphatic hydroxyl groups is 1. The van der Waals surface area contributed by atoms with Crippen LogP contribution in [0.4, 0.5) is 0 Å². The molecule has 1 aliphatic rings. The summed E-state index contributed by atoms with van der Waals surface area (Å²) in [5, 5.41) is 12.8. The van der Waals surface area contributed by atoms with Gasteiger partial charge >= 0.3 is 0 Å². The van der Waals surface area contributed by atoms with E-state index in [2.05, 4.69) is 37.4 Å². The monoisotopic (exact) mass is 291 g/mol. The zero-order valence-corrected chi connectivity index (χ0v) is 13.1. The van der Waals surface area contributed by atoms with Crippen molar-refractivity contribution in [2.75, 3.05) is 7.11 Å². The first-order chi connectivity index (χ1) is 9.99.